The number of hydrogen-bond donors (Lipinski definition) is 1. The van der Waals surface area contributed by atoms with Crippen LogP contribution in [-0.2, 0) is 19.3 Å². The summed E-state index contributed by atoms with van der Waals surface area (Å²) in [7, 11) is 1.64. The first-order valence-electron chi connectivity index (χ1n) is 7.57. The van der Waals surface area contributed by atoms with Crippen molar-refractivity contribution >= 4 is 17.8 Å². The number of thioether (sulfide) groups is 1. The van der Waals surface area contributed by atoms with Crippen molar-refractivity contribution < 1.29 is 18.0 Å². The molecule has 0 aliphatic rings. The first-order valence-corrected chi connectivity index (χ1v) is 8.80. The number of nitrogens with one attached hydrogen (secondary N) is 1. The standard InChI is InChI=1S/C18H19F3N2OS/c1-23(12-13-6-8-16(25-2)9-7-13)17(24)22-11-14-4-3-5-15(10-14)18(19,20)21/h3-10H,11-12H2,1-2H3,(H,22,24). The van der Waals surface area contributed by atoms with E-state index in [-0.39, 0.29) is 12.6 Å². The number of rotatable bonds is 5. The SMILES string of the molecule is CSc1ccc(CN(C)C(=O)NCc2cccc(C(F)(F)F)c2)cc1. The second-order valence-electron chi connectivity index (χ2n) is 5.56. The van der Waals surface area contributed by atoms with Crippen molar-refractivity contribution in [2.45, 2.75) is 24.2 Å². The van der Waals surface area contributed by atoms with Gasteiger partial charge in [0.1, 0.15) is 0 Å². The van der Waals surface area contributed by atoms with E-state index in [2.05, 4.69) is 5.32 Å². The van der Waals surface area contributed by atoms with Crippen LogP contribution < -0.4 is 5.32 Å². The van der Waals surface area contributed by atoms with Crippen molar-refractivity contribution in [2.75, 3.05) is 13.3 Å². The first-order chi connectivity index (χ1) is 11.8. The highest BCUT2D eigenvalue weighted by atomic mass is 32.2. The number of halogens is 3. The van der Waals surface area contributed by atoms with Gasteiger partial charge >= 0.3 is 12.2 Å². The Labute approximate surface area is 149 Å². The summed E-state index contributed by atoms with van der Waals surface area (Å²) in [5.41, 5.74) is 0.664. The van der Waals surface area contributed by atoms with Gasteiger partial charge in [0.2, 0.25) is 0 Å². The summed E-state index contributed by atoms with van der Waals surface area (Å²) in [5.74, 6) is 0. The molecule has 0 saturated carbocycles. The Morgan fingerprint density at radius 1 is 1.12 bits per heavy atom. The van der Waals surface area contributed by atoms with Crippen LogP contribution in [-0.4, -0.2) is 24.2 Å². The second-order valence-corrected chi connectivity index (χ2v) is 6.44. The van der Waals surface area contributed by atoms with E-state index in [4.69, 9.17) is 0 Å². The van der Waals surface area contributed by atoms with Crippen molar-refractivity contribution in [3.8, 4) is 0 Å². The molecule has 0 bridgehead atoms. The molecule has 0 radical (unpaired) electrons. The van der Waals surface area contributed by atoms with Gasteiger partial charge in [-0.1, -0.05) is 24.3 Å². The zero-order chi connectivity index (χ0) is 18.4. The van der Waals surface area contributed by atoms with Crippen LogP contribution in [0, 0.1) is 0 Å². The molecule has 0 saturated heterocycles. The van der Waals surface area contributed by atoms with Gasteiger partial charge in [-0.05, 0) is 41.6 Å². The van der Waals surface area contributed by atoms with E-state index >= 15 is 0 Å². The van der Waals surface area contributed by atoms with E-state index in [1.54, 1.807) is 24.9 Å². The highest BCUT2D eigenvalue weighted by molar-refractivity contribution is 7.98. The van der Waals surface area contributed by atoms with E-state index in [0.717, 1.165) is 22.6 Å². The minimum absolute atomic E-state index is 0.0402. The lowest BCUT2D eigenvalue weighted by Gasteiger charge is -2.18. The third kappa shape index (κ3) is 5.70. The fourth-order valence-electron chi connectivity index (χ4n) is 2.25. The van der Waals surface area contributed by atoms with E-state index in [0.29, 0.717) is 12.1 Å². The second kappa shape index (κ2) is 8.29. The minimum atomic E-state index is -4.39. The van der Waals surface area contributed by atoms with Crippen molar-refractivity contribution in [1.82, 2.24) is 10.2 Å². The molecule has 0 atom stereocenters. The molecular formula is C18H19F3N2OS. The van der Waals surface area contributed by atoms with Crippen LogP contribution in [0.15, 0.2) is 53.4 Å². The number of carbonyl (C=O) groups is 1. The van der Waals surface area contributed by atoms with E-state index in [1.165, 1.54) is 11.0 Å². The predicted octanol–water partition coefficient (Wildman–Crippen LogP) is 4.77. The molecule has 2 aromatic rings. The number of alkyl halides is 3. The highest BCUT2D eigenvalue weighted by Gasteiger charge is 2.30. The van der Waals surface area contributed by atoms with Gasteiger partial charge in [0, 0.05) is 25.0 Å². The fraction of sp³-hybridized carbons (Fsp3) is 0.278. The van der Waals surface area contributed by atoms with Crippen LogP contribution in [0.4, 0.5) is 18.0 Å². The molecule has 0 heterocycles. The van der Waals surface area contributed by atoms with Gasteiger partial charge in [-0.15, -0.1) is 11.8 Å². The molecule has 3 nitrogen and oxygen atoms in total. The van der Waals surface area contributed by atoms with Gasteiger partial charge in [0.25, 0.3) is 0 Å². The monoisotopic (exact) mass is 368 g/mol. The van der Waals surface area contributed by atoms with Crippen molar-refractivity contribution in [3.05, 3.63) is 65.2 Å². The van der Waals surface area contributed by atoms with Crippen LogP contribution >= 0.6 is 11.8 Å². The molecule has 2 rings (SSSR count). The van der Waals surface area contributed by atoms with Crippen LogP contribution in [0.1, 0.15) is 16.7 Å². The maximum atomic E-state index is 12.7. The largest absolute Gasteiger partial charge is 0.416 e. The number of benzene rings is 2. The lowest BCUT2D eigenvalue weighted by atomic mass is 10.1. The molecule has 2 amide bonds. The zero-order valence-corrected chi connectivity index (χ0v) is 14.7. The molecule has 1 N–H and O–H groups in total. The topological polar surface area (TPSA) is 32.3 Å². The Morgan fingerprint density at radius 3 is 2.40 bits per heavy atom. The Balaban J connectivity index is 1.90. The lowest BCUT2D eigenvalue weighted by molar-refractivity contribution is -0.137. The first kappa shape index (κ1) is 19.2. The van der Waals surface area contributed by atoms with Gasteiger partial charge < -0.3 is 10.2 Å². The van der Waals surface area contributed by atoms with Gasteiger partial charge in [0.15, 0.2) is 0 Å². The van der Waals surface area contributed by atoms with Gasteiger partial charge in [0.05, 0.1) is 5.56 Å². The third-order valence-electron chi connectivity index (χ3n) is 3.62. The average molecular weight is 368 g/mol. The van der Waals surface area contributed by atoms with Gasteiger partial charge in [-0.2, -0.15) is 13.2 Å². The molecular weight excluding hydrogens is 349 g/mol. The molecule has 25 heavy (non-hydrogen) atoms. The van der Waals surface area contributed by atoms with Gasteiger partial charge in [-0.3, -0.25) is 0 Å². The number of hydrogen-bond acceptors (Lipinski definition) is 2. The summed E-state index contributed by atoms with van der Waals surface area (Å²) in [6.07, 6.45) is -2.40. The minimum Gasteiger partial charge on any atom is -0.334 e. The summed E-state index contributed by atoms with van der Waals surface area (Å²) in [4.78, 5) is 14.7. The zero-order valence-electron chi connectivity index (χ0n) is 13.9. The van der Waals surface area contributed by atoms with Crippen LogP contribution in [0.25, 0.3) is 0 Å². The molecule has 0 aromatic heterocycles. The molecule has 134 valence electrons. The predicted molar refractivity (Wildman–Crippen MR) is 93.4 cm³/mol. The third-order valence-corrected chi connectivity index (χ3v) is 4.37. The fourth-order valence-corrected chi connectivity index (χ4v) is 2.66. The summed E-state index contributed by atoms with van der Waals surface area (Å²) < 4.78 is 38.1. The highest BCUT2D eigenvalue weighted by Crippen LogP contribution is 2.29. The summed E-state index contributed by atoms with van der Waals surface area (Å²) in [5, 5.41) is 2.64. The maximum absolute atomic E-state index is 12.7. The Bertz CT molecular complexity index is 717. The summed E-state index contributed by atoms with van der Waals surface area (Å²) in [6, 6.07) is 12.5. The van der Waals surface area contributed by atoms with Crippen LogP contribution in [0.3, 0.4) is 0 Å². The summed E-state index contributed by atoms with van der Waals surface area (Å²) >= 11 is 1.64. The average Bonchev–Trinajstić information content (AvgIpc) is 2.59. The summed E-state index contributed by atoms with van der Waals surface area (Å²) in [6.45, 7) is 0.460. The van der Waals surface area contributed by atoms with E-state index in [9.17, 15) is 18.0 Å². The number of carbonyl (C=O) groups excluding carboxylic acids is 1. The van der Waals surface area contributed by atoms with Crippen LogP contribution in [0.2, 0.25) is 0 Å². The number of amides is 2. The van der Waals surface area contributed by atoms with Crippen molar-refractivity contribution in [3.63, 3.8) is 0 Å². The smallest absolute Gasteiger partial charge is 0.334 e. The molecule has 7 heteroatoms. The van der Waals surface area contributed by atoms with Crippen molar-refractivity contribution in [1.29, 1.82) is 0 Å². The number of urea groups is 1. The quantitative estimate of drug-likeness (QED) is 0.771. The Kier molecular flexibility index (Phi) is 6.36. The normalized spacial score (nSPS) is 11.2. The van der Waals surface area contributed by atoms with Crippen LogP contribution in [0.5, 0.6) is 0 Å². The molecule has 0 aliphatic heterocycles. The molecule has 0 fully saturated rings. The molecule has 0 unspecified atom stereocenters. The maximum Gasteiger partial charge on any atom is 0.416 e. The van der Waals surface area contributed by atoms with Gasteiger partial charge in [-0.25, -0.2) is 4.79 Å². The van der Waals surface area contributed by atoms with E-state index in [1.807, 2.05) is 30.5 Å². The molecule has 2 aromatic carbocycles. The Hall–Kier alpha value is -2.15. The number of nitrogens with zero attached hydrogens (tertiary/aromatic N) is 1. The van der Waals surface area contributed by atoms with E-state index < -0.39 is 11.7 Å². The van der Waals surface area contributed by atoms with Crippen molar-refractivity contribution in [2.24, 2.45) is 0 Å². The lowest BCUT2D eigenvalue weighted by Crippen LogP contribution is -2.36. The Morgan fingerprint density at radius 2 is 1.80 bits per heavy atom. The molecule has 0 aliphatic carbocycles. The molecule has 0 spiro atoms.